The standard InChI is InChI=1S/C14H13BrClN3/c15-11-5-10(7-17-8-11)14-18-12(6-13(16)19-14)9-3-1-2-4-9/h5-9H,1-4H2. The molecule has 0 bridgehead atoms. The van der Waals surface area contributed by atoms with Crippen molar-refractivity contribution in [1.29, 1.82) is 0 Å². The van der Waals surface area contributed by atoms with E-state index >= 15 is 0 Å². The summed E-state index contributed by atoms with van der Waals surface area (Å²) in [4.78, 5) is 13.1. The van der Waals surface area contributed by atoms with E-state index in [0.29, 0.717) is 16.9 Å². The van der Waals surface area contributed by atoms with Crippen LogP contribution in [0.3, 0.4) is 0 Å². The predicted octanol–water partition coefficient (Wildman–Crippen LogP) is 4.61. The van der Waals surface area contributed by atoms with E-state index in [1.54, 1.807) is 12.4 Å². The maximum atomic E-state index is 6.13. The molecule has 0 aliphatic heterocycles. The fourth-order valence-corrected chi connectivity index (χ4v) is 3.09. The summed E-state index contributed by atoms with van der Waals surface area (Å²) in [6.07, 6.45) is 8.45. The van der Waals surface area contributed by atoms with Gasteiger partial charge in [-0.15, -0.1) is 0 Å². The monoisotopic (exact) mass is 337 g/mol. The van der Waals surface area contributed by atoms with Crippen LogP contribution in [0.2, 0.25) is 5.15 Å². The van der Waals surface area contributed by atoms with Crippen LogP contribution >= 0.6 is 27.5 Å². The Bertz CT molecular complexity index is 597. The molecule has 2 aromatic heterocycles. The average molecular weight is 339 g/mol. The zero-order chi connectivity index (χ0) is 13.2. The van der Waals surface area contributed by atoms with Crippen LogP contribution in [0.5, 0.6) is 0 Å². The SMILES string of the molecule is Clc1cc(C2CCCC2)nc(-c2cncc(Br)c2)n1. The van der Waals surface area contributed by atoms with Gasteiger partial charge in [-0.1, -0.05) is 24.4 Å². The Hall–Kier alpha value is -1.00. The smallest absolute Gasteiger partial charge is 0.162 e. The molecule has 0 radical (unpaired) electrons. The van der Waals surface area contributed by atoms with Crippen LogP contribution in [-0.4, -0.2) is 15.0 Å². The first-order valence-electron chi connectivity index (χ1n) is 6.38. The molecule has 0 saturated heterocycles. The van der Waals surface area contributed by atoms with Crippen LogP contribution in [0.25, 0.3) is 11.4 Å². The van der Waals surface area contributed by atoms with Crippen LogP contribution in [0.15, 0.2) is 29.0 Å². The molecular weight excluding hydrogens is 326 g/mol. The second-order valence-electron chi connectivity index (χ2n) is 4.81. The highest BCUT2D eigenvalue weighted by atomic mass is 79.9. The van der Waals surface area contributed by atoms with E-state index in [1.807, 2.05) is 12.1 Å². The number of aromatic nitrogens is 3. The van der Waals surface area contributed by atoms with Crippen molar-refractivity contribution in [2.24, 2.45) is 0 Å². The Balaban J connectivity index is 2.01. The third-order valence-electron chi connectivity index (χ3n) is 3.45. The minimum Gasteiger partial charge on any atom is -0.263 e. The van der Waals surface area contributed by atoms with Gasteiger partial charge in [0.1, 0.15) is 5.15 Å². The highest BCUT2D eigenvalue weighted by Crippen LogP contribution is 2.34. The highest BCUT2D eigenvalue weighted by Gasteiger charge is 2.20. The van der Waals surface area contributed by atoms with Gasteiger partial charge in [-0.05, 0) is 40.9 Å². The molecule has 0 unspecified atom stereocenters. The molecule has 0 atom stereocenters. The molecule has 19 heavy (non-hydrogen) atoms. The number of nitrogens with zero attached hydrogens (tertiary/aromatic N) is 3. The molecule has 1 saturated carbocycles. The molecule has 2 heterocycles. The Morgan fingerprint density at radius 3 is 2.63 bits per heavy atom. The average Bonchev–Trinajstić information content (AvgIpc) is 2.92. The Kier molecular flexibility index (Phi) is 3.80. The van der Waals surface area contributed by atoms with Gasteiger partial charge in [-0.2, -0.15) is 0 Å². The summed E-state index contributed by atoms with van der Waals surface area (Å²) in [6, 6.07) is 3.85. The Labute approximate surface area is 125 Å². The number of halogens is 2. The van der Waals surface area contributed by atoms with Gasteiger partial charge in [0.05, 0.1) is 0 Å². The third-order valence-corrected chi connectivity index (χ3v) is 4.08. The van der Waals surface area contributed by atoms with Crippen LogP contribution in [0.4, 0.5) is 0 Å². The highest BCUT2D eigenvalue weighted by molar-refractivity contribution is 9.10. The summed E-state index contributed by atoms with van der Waals surface area (Å²) in [5.74, 6) is 1.18. The molecule has 0 N–H and O–H groups in total. The molecule has 0 spiro atoms. The van der Waals surface area contributed by atoms with Gasteiger partial charge in [-0.3, -0.25) is 4.98 Å². The number of hydrogen-bond acceptors (Lipinski definition) is 3. The summed E-state index contributed by atoms with van der Waals surface area (Å²) in [7, 11) is 0. The lowest BCUT2D eigenvalue weighted by atomic mass is 10.0. The number of pyridine rings is 1. The minimum absolute atomic E-state index is 0.506. The van der Waals surface area contributed by atoms with E-state index in [2.05, 4.69) is 30.9 Å². The van der Waals surface area contributed by atoms with Gasteiger partial charge >= 0.3 is 0 Å². The van der Waals surface area contributed by atoms with Gasteiger partial charge in [0.2, 0.25) is 0 Å². The van der Waals surface area contributed by atoms with Gasteiger partial charge < -0.3 is 0 Å². The van der Waals surface area contributed by atoms with Crippen LogP contribution in [0, 0.1) is 0 Å². The molecule has 1 aliphatic carbocycles. The predicted molar refractivity (Wildman–Crippen MR) is 79.2 cm³/mol. The maximum Gasteiger partial charge on any atom is 0.162 e. The summed E-state index contributed by atoms with van der Waals surface area (Å²) in [5.41, 5.74) is 1.95. The van der Waals surface area contributed by atoms with E-state index in [1.165, 1.54) is 25.7 Å². The first-order chi connectivity index (χ1) is 9.22. The van der Waals surface area contributed by atoms with Gasteiger partial charge in [0.15, 0.2) is 5.82 Å². The fraction of sp³-hybridized carbons (Fsp3) is 0.357. The molecule has 0 aromatic carbocycles. The Morgan fingerprint density at radius 1 is 1.11 bits per heavy atom. The molecular formula is C14H13BrClN3. The second kappa shape index (κ2) is 5.55. The van der Waals surface area contributed by atoms with Crippen molar-refractivity contribution in [3.63, 3.8) is 0 Å². The topological polar surface area (TPSA) is 38.7 Å². The molecule has 5 heteroatoms. The first kappa shape index (κ1) is 13.0. The summed E-state index contributed by atoms with van der Waals surface area (Å²) >= 11 is 9.55. The normalized spacial score (nSPS) is 15.9. The summed E-state index contributed by atoms with van der Waals surface area (Å²) in [5, 5.41) is 0.506. The lowest BCUT2D eigenvalue weighted by Crippen LogP contribution is -2.00. The molecule has 3 nitrogen and oxygen atoms in total. The van der Waals surface area contributed by atoms with Crippen molar-refractivity contribution in [3.8, 4) is 11.4 Å². The number of rotatable bonds is 2. The van der Waals surface area contributed by atoms with Gasteiger partial charge in [0, 0.05) is 34.0 Å². The molecule has 1 fully saturated rings. The molecule has 2 aromatic rings. The van der Waals surface area contributed by atoms with Crippen molar-refractivity contribution in [3.05, 3.63) is 39.8 Å². The zero-order valence-corrected chi connectivity index (χ0v) is 12.7. The van der Waals surface area contributed by atoms with Crippen molar-refractivity contribution < 1.29 is 0 Å². The van der Waals surface area contributed by atoms with E-state index in [9.17, 15) is 0 Å². The largest absolute Gasteiger partial charge is 0.263 e. The summed E-state index contributed by atoms with van der Waals surface area (Å²) in [6.45, 7) is 0. The zero-order valence-electron chi connectivity index (χ0n) is 10.3. The first-order valence-corrected chi connectivity index (χ1v) is 7.55. The van der Waals surface area contributed by atoms with Gasteiger partial charge in [0.25, 0.3) is 0 Å². The van der Waals surface area contributed by atoms with Crippen LogP contribution in [-0.2, 0) is 0 Å². The van der Waals surface area contributed by atoms with E-state index in [4.69, 9.17) is 11.6 Å². The molecule has 3 rings (SSSR count). The lowest BCUT2D eigenvalue weighted by molar-refractivity contribution is 0.695. The van der Waals surface area contributed by atoms with Crippen LogP contribution in [0.1, 0.15) is 37.3 Å². The van der Waals surface area contributed by atoms with Gasteiger partial charge in [-0.25, -0.2) is 9.97 Å². The third kappa shape index (κ3) is 2.95. The second-order valence-corrected chi connectivity index (χ2v) is 6.12. The van der Waals surface area contributed by atoms with Crippen molar-refractivity contribution in [1.82, 2.24) is 15.0 Å². The fourth-order valence-electron chi connectivity index (χ4n) is 2.53. The number of hydrogen-bond donors (Lipinski definition) is 0. The quantitative estimate of drug-likeness (QED) is 0.750. The van der Waals surface area contributed by atoms with Crippen molar-refractivity contribution in [2.45, 2.75) is 31.6 Å². The van der Waals surface area contributed by atoms with E-state index in [-0.39, 0.29) is 0 Å². The molecule has 98 valence electrons. The van der Waals surface area contributed by atoms with E-state index < -0.39 is 0 Å². The maximum absolute atomic E-state index is 6.13. The minimum atomic E-state index is 0.506. The Morgan fingerprint density at radius 2 is 1.89 bits per heavy atom. The van der Waals surface area contributed by atoms with E-state index in [0.717, 1.165) is 15.7 Å². The van der Waals surface area contributed by atoms with Crippen molar-refractivity contribution >= 4 is 27.5 Å². The summed E-state index contributed by atoms with van der Waals surface area (Å²) < 4.78 is 0.913. The lowest BCUT2D eigenvalue weighted by Gasteiger charge is -2.10. The van der Waals surface area contributed by atoms with Crippen molar-refractivity contribution in [2.75, 3.05) is 0 Å². The molecule has 1 aliphatic rings. The van der Waals surface area contributed by atoms with Crippen LogP contribution < -0.4 is 0 Å². The molecule has 0 amide bonds.